The number of hydrogen-bond acceptors (Lipinski definition) is 5. The van der Waals surface area contributed by atoms with Gasteiger partial charge in [-0.05, 0) is 25.5 Å². The second kappa shape index (κ2) is 6.37. The number of carbonyl (C=O) groups is 1. The van der Waals surface area contributed by atoms with E-state index >= 15 is 0 Å². The minimum absolute atomic E-state index is 0.307. The number of methoxy groups -OCH3 is 1. The van der Waals surface area contributed by atoms with Gasteiger partial charge in [-0.2, -0.15) is 0 Å². The molecule has 0 aliphatic rings. The van der Waals surface area contributed by atoms with Crippen LogP contribution in [-0.2, 0) is 21.1 Å². The van der Waals surface area contributed by atoms with E-state index in [1.807, 2.05) is 12.1 Å². The zero-order chi connectivity index (χ0) is 15.4. The second-order valence-electron chi connectivity index (χ2n) is 5.28. The molecule has 0 aliphatic heterocycles. The van der Waals surface area contributed by atoms with Crippen LogP contribution in [0.1, 0.15) is 29.8 Å². The number of esters is 1. The van der Waals surface area contributed by atoms with Crippen LogP contribution in [0.3, 0.4) is 0 Å². The zero-order valence-electron chi connectivity index (χ0n) is 12.3. The molecule has 0 fully saturated rings. The van der Waals surface area contributed by atoms with Crippen LogP contribution in [0, 0.1) is 0 Å². The highest BCUT2D eigenvalue weighted by Crippen LogP contribution is 2.15. The van der Waals surface area contributed by atoms with E-state index in [-0.39, 0.29) is 0 Å². The van der Waals surface area contributed by atoms with E-state index in [1.165, 1.54) is 13.4 Å². The van der Waals surface area contributed by atoms with Crippen LogP contribution in [0.5, 0.6) is 0 Å². The van der Waals surface area contributed by atoms with Gasteiger partial charge in [-0.25, -0.2) is 13.2 Å². The molecule has 112 valence electrons. The molecule has 1 aromatic carbocycles. The lowest BCUT2D eigenvalue weighted by Crippen LogP contribution is -2.41. The molecule has 0 aliphatic carbocycles. The Kier molecular flexibility index (Phi) is 5.30. The van der Waals surface area contributed by atoms with Crippen molar-refractivity contribution in [2.75, 3.05) is 19.9 Å². The van der Waals surface area contributed by atoms with Crippen LogP contribution in [0.15, 0.2) is 24.3 Å². The van der Waals surface area contributed by atoms with Gasteiger partial charge in [-0.1, -0.05) is 18.2 Å². The average Bonchev–Trinajstić information content (AvgIpc) is 2.37. The normalized spacial score (nSPS) is 12.2. The predicted molar refractivity (Wildman–Crippen MR) is 78.4 cm³/mol. The van der Waals surface area contributed by atoms with Crippen molar-refractivity contribution in [1.29, 1.82) is 0 Å². The molecule has 0 atom stereocenters. The van der Waals surface area contributed by atoms with Gasteiger partial charge in [0, 0.05) is 19.3 Å². The predicted octanol–water partition coefficient (Wildman–Crippen LogP) is 1.39. The number of sulfone groups is 1. The molecule has 0 radical (unpaired) electrons. The fraction of sp³-hybridized carbons (Fsp3) is 0.500. The van der Waals surface area contributed by atoms with E-state index in [0.717, 1.165) is 5.56 Å². The summed E-state index contributed by atoms with van der Waals surface area (Å²) in [7, 11) is -1.81. The van der Waals surface area contributed by atoms with Crippen LogP contribution < -0.4 is 5.32 Å². The largest absolute Gasteiger partial charge is 0.465 e. The van der Waals surface area contributed by atoms with E-state index in [9.17, 15) is 13.2 Å². The minimum Gasteiger partial charge on any atom is -0.465 e. The van der Waals surface area contributed by atoms with Crippen LogP contribution in [0.2, 0.25) is 0 Å². The molecule has 0 heterocycles. The Balaban J connectivity index is 2.75. The summed E-state index contributed by atoms with van der Waals surface area (Å²) in [6, 6.07) is 7.08. The first kappa shape index (κ1) is 16.7. The van der Waals surface area contributed by atoms with Crippen molar-refractivity contribution in [2.45, 2.75) is 25.1 Å². The van der Waals surface area contributed by atoms with Gasteiger partial charge in [-0.15, -0.1) is 0 Å². The molecule has 20 heavy (non-hydrogen) atoms. The second-order valence-corrected chi connectivity index (χ2v) is 7.93. The summed E-state index contributed by atoms with van der Waals surface area (Å²) in [5.74, 6) is -0.398. The van der Waals surface area contributed by atoms with Crippen molar-refractivity contribution in [2.24, 2.45) is 0 Å². The summed E-state index contributed by atoms with van der Waals surface area (Å²) in [5.41, 5.74) is 1.27. The molecule has 0 saturated carbocycles. The lowest BCUT2D eigenvalue weighted by atomic mass is 10.1. The van der Waals surface area contributed by atoms with Crippen molar-refractivity contribution in [3.05, 3.63) is 35.4 Å². The van der Waals surface area contributed by atoms with E-state index in [2.05, 4.69) is 5.32 Å². The quantitative estimate of drug-likeness (QED) is 0.804. The molecule has 0 amide bonds. The molecule has 0 spiro atoms. The van der Waals surface area contributed by atoms with Gasteiger partial charge in [0.2, 0.25) is 0 Å². The Hall–Kier alpha value is -1.40. The summed E-state index contributed by atoms with van der Waals surface area (Å²) in [4.78, 5) is 11.6. The van der Waals surface area contributed by atoms with Gasteiger partial charge in [-0.3, -0.25) is 0 Å². The molecule has 1 rings (SSSR count). The lowest BCUT2D eigenvalue weighted by Gasteiger charge is -2.23. The number of ether oxygens (including phenoxy) is 1. The fourth-order valence-electron chi connectivity index (χ4n) is 1.61. The Morgan fingerprint density at radius 3 is 2.45 bits per heavy atom. The summed E-state index contributed by atoms with van der Waals surface area (Å²) in [6.07, 6.45) is 1.22. The highest BCUT2D eigenvalue weighted by Gasteiger charge is 2.29. The van der Waals surface area contributed by atoms with Crippen LogP contribution in [0.4, 0.5) is 0 Å². The summed E-state index contributed by atoms with van der Waals surface area (Å²) < 4.78 is 27.1. The molecular weight excluding hydrogens is 278 g/mol. The van der Waals surface area contributed by atoms with Crippen molar-refractivity contribution < 1.29 is 17.9 Å². The van der Waals surface area contributed by atoms with Gasteiger partial charge in [0.15, 0.2) is 9.84 Å². The molecular formula is C14H21NO4S. The first-order valence-corrected chi connectivity index (χ1v) is 8.15. The van der Waals surface area contributed by atoms with Crippen LogP contribution in [0.25, 0.3) is 0 Å². The molecule has 0 unspecified atom stereocenters. The van der Waals surface area contributed by atoms with Crippen molar-refractivity contribution in [3.8, 4) is 0 Å². The summed E-state index contributed by atoms with van der Waals surface area (Å²) >= 11 is 0. The van der Waals surface area contributed by atoms with Gasteiger partial charge in [0.1, 0.15) is 0 Å². The van der Waals surface area contributed by atoms with E-state index in [1.54, 1.807) is 26.0 Å². The van der Waals surface area contributed by atoms with Gasteiger partial charge >= 0.3 is 5.97 Å². The molecule has 0 saturated heterocycles. The maximum Gasteiger partial charge on any atom is 0.338 e. The SMILES string of the molecule is COC(=O)c1ccccc1CNCC(C)(C)S(C)(=O)=O. The topological polar surface area (TPSA) is 72.5 Å². The summed E-state index contributed by atoms with van der Waals surface area (Å²) in [5, 5.41) is 3.08. The van der Waals surface area contributed by atoms with Crippen LogP contribution >= 0.6 is 0 Å². The fourth-order valence-corrected chi connectivity index (χ4v) is 1.98. The van der Waals surface area contributed by atoms with E-state index in [4.69, 9.17) is 4.74 Å². The van der Waals surface area contributed by atoms with Gasteiger partial charge < -0.3 is 10.1 Å². The Morgan fingerprint density at radius 2 is 1.90 bits per heavy atom. The third-order valence-corrected chi connectivity index (χ3v) is 5.44. The average molecular weight is 299 g/mol. The maximum atomic E-state index is 11.6. The first-order chi connectivity index (χ1) is 9.19. The summed E-state index contributed by atoms with van der Waals surface area (Å²) in [6.45, 7) is 4.05. The van der Waals surface area contributed by atoms with Gasteiger partial charge in [0.25, 0.3) is 0 Å². The molecule has 0 aromatic heterocycles. The molecule has 5 nitrogen and oxygen atoms in total. The smallest absolute Gasteiger partial charge is 0.338 e. The first-order valence-electron chi connectivity index (χ1n) is 6.25. The standard InChI is InChI=1S/C14H21NO4S/c1-14(2,20(4,17)18)10-15-9-11-7-5-6-8-12(11)13(16)19-3/h5-8,15H,9-10H2,1-4H3. The lowest BCUT2D eigenvalue weighted by molar-refractivity contribution is 0.0599. The monoisotopic (exact) mass is 299 g/mol. The zero-order valence-corrected chi connectivity index (χ0v) is 13.1. The molecule has 0 bridgehead atoms. The number of hydrogen-bond donors (Lipinski definition) is 1. The maximum absolute atomic E-state index is 11.6. The highest BCUT2D eigenvalue weighted by molar-refractivity contribution is 7.92. The van der Waals surface area contributed by atoms with E-state index < -0.39 is 20.6 Å². The van der Waals surface area contributed by atoms with Crippen molar-refractivity contribution in [3.63, 3.8) is 0 Å². The number of benzene rings is 1. The van der Waals surface area contributed by atoms with Crippen molar-refractivity contribution in [1.82, 2.24) is 5.32 Å². The Bertz CT molecular complexity index is 579. The molecule has 1 N–H and O–H groups in total. The highest BCUT2D eigenvalue weighted by atomic mass is 32.2. The minimum atomic E-state index is -3.14. The third-order valence-electron chi connectivity index (χ3n) is 3.29. The Labute approximate surface area is 120 Å². The van der Waals surface area contributed by atoms with E-state index in [0.29, 0.717) is 18.7 Å². The number of nitrogens with one attached hydrogen (secondary N) is 1. The van der Waals surface area contributed by atoms with Crippen molar-refractivity contribution >= 4 is 15.8 Å². The van der Waals surface area contributed by atoms with Crippen LogP contribution in [-0.4, -0.2) is 39.0 Å². The Morgan fingerprint density at radius 1 is 1.30 bits per heavy atom. The molecule has 6 heteroatoms. The molecule has 1 aromatic rings. The number of carbonyl (C=O) groups excluding carboxylic acids is 1. The van der Waals surface area contributed by atoms with Gasteiger partial charge in [0.05, 0.1) is 17.4 Å². The number of rotatable bonds is 6. The third kappa shape index (κ3) is 4.05.